The first kappa shape index (κ1) is 16.9. The van der Waals surface area contributed by atoms with E-state index in [9.17, 15) is 9.59 Å². The number of amides is 1. The fourth-order valence-corrected chi connectivity index (χ4v) is 2.40. The van der Waals surface area contributed by atoms with Gasteiger partial charge in [-0.3, -0.25) is 14.6 Å². The molecular formula is C18H23N3O2. The van der Waals surface area contributed by atoms with Gasteiger partial charge in [-0.1, -0.05) is 32.3 Å². The molecule has 2 heterocycles. The Bertz CT molecular complexity index is 695. The molecule has 1 amide bonds. The van der Waals surface area contributed by atoms with Gasteiger partial charge in [0.25, 0.3) is 11.5 Å². The summed E-state index contributed by atoms with van der Waals surface area (Å²) < 4.78 is 0. The third kappa shape index (κ3) is 4.77. The zero-order valence-electron chi connectivity index (χ0n) is 13.6. The first-order chi connectivity index (χ1) is 11.1. The van der Waals surface area contributed by atoms with Crippen LogP contribution in [-0.4, -0.2) is 21.9 Å². The average Bonchev–Trinajstić information content (AvgIpc) is 2.55. The summed E-state index contributed by atoms with van der Waals surface area (Å²) in [6.07, 6.45) is 5.96. The maximum absolute atomic E-state index is 12.2. The lowest BCUT2D eigenvalue weighted by molar-refractivity contribution is 0.0936. The number of unbranched alkanes of at least 4 members (excludes halogenated alkanes) is 2. The maximum Gasteiger partial charge on any atom is 0.261 e. The Balaban J connectivity index is 2.06. The molecule has 2 aromatic heterocycles. The van der Waals surface area contributed by atoms with Crippen molar-refractivity contribution in [3.05, 3.63) is 52.4 Å². The first-order valence-corrected chi connectivity index (χ1v) is 8.07. The van der Waals surface area contributed by atoms with Crippen LogP contribution in [-0.2, 0) is 0 Å². The maximum atomic E-state index is 12.2. The van der Waals surface area contributed by atoms with Gasteiger partial charge in [-0.25, -0.2) is 0 Å². The number of carbonyl (C=O) groups excluding carboxylic acids is 1. The minimum atomic E-state index is -0.397. The predicted molar refractivity (Wildman–Crippen MR) is 91.4 cm³/mol. The summed E-state index contributed by atoms with van der Waals surface area (Å²) in [4.78, 5) is 31.3. The summed E-state index contributed by atoms with van der Waals surface area (Å²) in [5, 5.41) is 2.88. The van der Waals surface area contributed by atoms with Crippen molar-refractivity contribution in [3.8, 4) is 11.4 Å². The van der Waals surface area contributed by atoms with Crippen molar-refractivity contribution in [2.24, 2.45) is 0 Å². The molecule has 23 heavy (non-hydrogen) atoms. The van der Waals surface area contributed by atoms with E-state index in [1.807, 2.05) is 19.1 Å². The summed E-state index contributed by atoms with van der Waals surface area (Å²) in [5.74, 6) is -0.331. The summed E-state index contributed by atoms with van der Waals surface area (Å²) in [6.45, 7) is 4.11. The second-order valence-corrected chi connectivity index (χ2v) is 5.70. The van der Waals surface area contributed by atoms with Crippen molar-refractivity contribution in [1.82, 2.24) is 15.3 Å². The molecule has 0 unspecified atom stereocenters. The molecular weight excluding hydrogens is 290 g/mol. The van der Waals surface area contributed by atoms with E-state index in [-0.39, 0.29) is 17.5 Å². The molecule has 0 aliphatic carbocycles. The summed E-state index contributed by atoms with van der Waals surface area (Å²) in [6, 6.07) is 8.78. The lowest BCUT2D eigenvalue weighted by Crippen LogP contribution is -2.35. The number of hydrogen-bond acceptors (Lipinski definition) is 3. The average molecular weight is 313 g/mol. The topological polar surface area (TPSA) is 74.8 Å². The minimum absolute atomic E-state index is 0.0592. The Labute approximate surface area is 136 Å². The van der Waals surface area contributed by atoms with Crippen LogP contribution in [0.4, 0.5) is 0 Å². The SMILES string of the molecule is CCCCC[C@H](C)NC(=O)c1ccc(-c2ccccn2)[nH]c1=O. The summed E-state index contributed by atoms with van der Waals surface area (Å²) >= 11 is 0. The van der Waals surface area contributed by atoms with Crippen molar-refractivity contribution >= 4 is 5.91 Å². The zero-order chi connectivity index (χ0) is 16.7. The van der Waals surface area contributed by atoms with Gasteiger partial charge in [-0.15, -0.1) is 0 Å². The molecule has 0 fully saturated rings. The number of pyridine rings is 2. The lowest BCUT2D eigenvalue weighted by atomic mass is 10.1. The molecule has 0 radical (unpaired) electrons. The number of hydrogen-bond donors (Lipinski definition) is 2. The van der Waals surface area contributed by atoms with Crippen LogP contribution in [0.5, 0.6) is 0 Å². The van der Waals surface area contributed by atoms with Crippen molar-refractivity contribution in [3.63, 3.8) is 0 Å². The van der Waals surface area contributed by atoms with Crippen molar-refractivity contribution in [1.29, 1.82) is 0 Å². The quantitative estimate of drug-likeness (QED) is 0.771. The molecule has 0 aromatic carbocycles. The van der Waals surface area contributed by atoms with E-state index < -0.39 is 5.56 Å². The Morgan fingerprint density at radius 3 is 2.74 bits per heavy atom. The smallest absolute Gasteiger partial charge is 0.261 e. The normalized spacial score (nSPS) is 11.9. The molecule has 2 rings (SSSR count). The number of nitrogens with one attached hydrogen (secondary N) is 2. The predicted octanol–water partition coefficient (Wildman–Crippen LogP) is 3.14. The molecule has 0 aliphatic rings. The highest BCUT2D eigenvalue weighted by Crippen LogP contribution is 2.11. The van der Waals surface area contributed by atoms with Crippen molar-refractivity contribution < 1.29 is 4.79 Å². The van der Waals surface area contributed by atoms with Crippen LogP contribution in [0.1, 0.15) is 49.9 Å². The first-order valence-electron chi connectivity index (χ1n) is 8.07. The van der Waals surface area contributed by atoms with Gasteiger partial charge >= 0.3 is 0 Å². The van der Waals surface area contributed by atoms with Crippen molar-refractivity contribution in [2.45, 2.75) is 45.6 Å². The number of aromatic nitrogens is 2. The van der Waals surface area contributed by atoms with Crippen molar-refractivity contribution in [2.75, 3.05) is 0 Å². The molecule has 0 saturated heterocycles. The van der Waals surface area contributed by atoms with Gasteiger partial charge in [0.05, 0.1) is 11.4 Å². The van der Waals surface area contributed by atoms with Gasteiger partial charge in [0.2, 0.25) is 0 Å². The molecule has 5 heteroatoms. The number of rotatable bonds is 7. The van der Waals surface area contributed by atoms with Gasteiger partial charge in [0, 0.05) is 12.2 Å². The Hall–Kier alpha value is -2.43. The second kappa shape index (κ2) is 8.27. The van der Waals surface area contributed by atoms with Crippen LogP contribution >= 0.6 is 0 Å². The molecule has 5 nitrogen and oxygen atoms in total. The van der Waals surface area contributed by atoms with Crippen LogP contribution in [0.2, 0.25) is 0 Å². The summed E-state index contributed by atoms with van der Waals surface area (Å²) in [5.41, 5.74) is 1.01. The monoisotopic (exact) mass is 313 g/mol. The van der Waals surface area contributed by atoms with E-state index >= 15 is 0 Å². The van der Waals surface area contributed by atoms with E-state index in [1.165, 1.54) is 0 Å². The largest absolute Gasteiger partial charge is 0.349 e. The fraction of sp³-hybridized carbons (Fsp3) is 0.389. The van der Waals surface area contributed by atoms with E-state index in [1.54, 1.807) is 24.4 Å². The number of nitrogens with zero attached hydrogens (tertiary/aromatic N) is 1. The standard InChI is InChI=1S/C18H23N3O2/c1-3-4-5-8-13(2)20-17(22)14-10-11-16(21-18(14)23)15-9-6-7-12-19-15/h6-7,9-13H,3-5,8H2,1-2H3,(H,20,22)(H,21,23)/t13-/m0/s1. The van der Waals surface area contributed by atoms with Crippen LogP contribution < -0.4 is 10.9 Å². The van der Waals surface area contributed by atoms with Crippen LogP contribution in [0.25, 0.3) is 11.4 Å². The molecule has 0 spiro atoms. The second-order valence-electron chi connectivity index (χ2n) is 5.70. The number of carbonyl (C=O) groups is 1. The van der Waals surface area contributed by atoms with E-state index in [0.29, 0.717) is 11.4 Å². The Kier molecular flexibility index (Phi) is 6.09. The van der Waals surface area contributed by atoms with E-state index in [0.717, 1.165) is 25.7 Å². The number of H-pyrrole nitrogens is 1. The zero-order valence-corrected chi connectivity index (χ0v) is 13.6. The Morgan fingerprint density at radius 1 is 1.26 bits per heavy atom. The molecule has 0 aliphatic heterocycles. The number of aromatic amines is 1. The van der Waals surface area contributed by atoms with Gasteiger partial charge in [-0.2, -0.15) is 0 Å². The highest BCUT2D eigenvalue weighted by molar-refractivity contribution is 5.94. The molecule has 2 N–H and O–H groups in total. The van der Waals surface area contributed by atoms with E-state index in [2.05, 4.69) is 22.2 Å². The van der Waals surface area contributed by atoms with Crippen LogP contribution in [0, 0.1) is 0 Å². The fourth-order valence-electron chi connectivity index (χ4n) is 2.40. The van der Waals surface area contributed by atoms with Gasteiger partial charge in [-0.05, 0) is 37.6 Å². The van der Waals surface area contributed by atoms with Gasteiger partial charge in [0.15, 0.2) is 0 Å². The summed E-state index contributed by atoms with van der Waals surface area (Å²) in [7, 11) is 0. The van der Waals surface area contributed by atoms with Gasteiger partial charge in [0.1, 0.15) is 5.56 Å². The molecule has 2 aromatic rings. The van der Waals surface area contributed by atoms with Crippen LogP contribution in [0.3, 0.4) is 0 Å². The minimum Gasteiger partial charge on any atom is -0.349 e. The molecule has 122 valence electrons. The third-order valence-electron chi connectivity index (χ3n) is 3.71. The third-order valence-corrected chi connectivity index (χ3v) is 3.71. The molecule has 0 saturated carbocycles. The van der Waals surface area contributed by atoms with Crippen LogP contribution in [0.15, 0.2) is 41.3 Å². The van der Waals surface area contributed by atoms with E-state index in [4.69, 9.17) is 0 Å². The molecule has 1 atom stereocenters. The molecule has 0 bridgehead atoms. The highest BCUT2D eigenvalue weighted by Gasteiger charge is 2.14. The van der Waals surface area contributed by atoms with Gasteiger partial charge < -0.3 is 10.3 Å². The lowest BCUT2D eigenvalue weighted by Gasteiger charge is -2.13. The Morgan fingerprint density at radius 2 is 2.09 bits per heavy atom. The highest BCUT2D eigenvalue weighted by atomic mass is 16.2.